The lowest BCUT2D eigenvalue weighted by Gasteiger charge is -2.04. The molecule has 0 aliphatic carbocycles. The fourth-order valence-electron chi connectivity index (χ4n) is 1.85. The van der Waals surface area contributed by atoms with Gasteiger partial charge in [-0.15, -0.1) is 0 Å². The average molecular weight is 336 g/mol. The molecule has 0 aliphatic heterocycles. The monoisotopic (exact) mass is 334 g/mol. The van der Waals surface area contributed by atoms with Gasteiger partial charge in [0.1, 0.15) is 0 Å². The maximum atomic E-state index is 5.79. The van der Waals surface area contributed by atoms with Gasteiger partial charge in [0.25, 0.3) is 0 Å². The Kier molecular flexibility index (Phi) is 3.08. The van der Waals surface area contributed by atoms with Crippen molar-refractivity contribution in [1.29, 1.82) is 0 Å². The number of fused-ring (bicyclic) bond motifs is 1. The molecule has 0 saturated carbocycles. The van der Waals surface area contributed by atoms with Crippen LogP contribution < -0.4 is 5.73 Å². The van der Waals surface area contributed by atoms with Crippen molar-refractivity contribution < 1.29 is 0 Å². The molecule has 0 saturated heterocycles. The number of aromatic nitrogens is 3. The fraction of sp³-hybridized carbons (Fsp3) is 0. The maximum Gasteiger partial charge on any atom is 0.227 e. The van der Waals surface area contributed by atoms with Crippen LogP contribution in [0.3, 0.4) is 0 Å². The standard InChI is InChI=1S/C13H8BrClN4/c14-10-4-3-7-5-9(2-1-8(7)6-10)11-17-12(15)19-13(16)18-11/h1-6H,(H2,16,17,18,19). The topological polar surface area (TPSA) is 64.7 Å². The molecule has 2 N–H and O–H groups in total. The minimum absolute atomic E-state index is 0.0957. The van der Waals surface area contributed by atoms with Crippen molar-refractivity contribution in [2.45, 2.75) is 0 Å². The molecule has 1 heterocycles. The van der Waals surface area contributed by atoms with Gasteiger partial charge in [-0.2, -0.15) is 15.0 Å². The molecule has 94 valence electrons. The number of halogens is 2. The Hall–Kier alpha value is -1.72. The van der Waals surface area contributed by atoms with E-state index < -0.39 is 0 Å². The van der Waals surface area contributed by atoms with Crippen molar-refractivity contribution in [3.05, 3.63) is 46.2 Å². The van der Waals surface area contributed by atoms with Gasteiger partial charge in [-0.25, -0.2) is 0 Å². The summed E-state index contributed by atoms with van der Waals surface area (Å²) in [4.78, 5) is 11.9. The van der Waals surface area contributed by atoms with E-state index in [1.807, 2.05) is 36.4 Å². The van der Waals surface area contributed by atoms with E-state index in [0.717, 1.165) is 20.8 Å². The van der Waals surface area contributed by atoms with Crippen LogP contribution in [0.2, 0.25) is 5.28 Å². The molecule has 0 amide bonds. The van der Waals surface area contributed by atoms with Crippen LogP contribution in [0.4, 0.5) is 5.95 Å². The molecule has 4 nitrogen and oxygen atoms in total. The van der Waals surface area contributed by atoms with Gasteiger partial charge in [-0.05, 0) is 40.6 Å². The van der Waals surface area contributed by atoms with Crippen LogP contribution in [0.25, 0.3) is 22.2 Å². The summed E-state index contributed by atoms with van der Waals surface area (Å²) in [6.07, 6.45) is 0. The minimum Gasteiger partial charge on any atom is -0.368 e. The van der Waals surface area contributed by atoms with Gasteiger partial charge < -0.3 is 5.73 Å². The summed E-state index contributed by atoms with van der Waals surface area (Å²) in [5, 5.41) is 2.32. The van der Waals surface area contributed by atoms with Crippen molar-refractivity contribution in [3.8, 4) is 11.4 Å². The predicted molar refractivity (Wildman–Crippen MR) is 79.9 cm³/mol. The largest absolute Gasteiger partial charge is 0.368 e. The summed E-state index contributed by atoms with van der Waals surface area (Å²) in [5.41, 5.74) is 6.43. The summed E-state index contributed by atoms with van der Waals surface area (Å²) in [5.74, 6) is 0.591. The second-order valence-corrected chi connectivity index (χ2v) is 5.25. The van der Waals surface area contributed by atoms with E-state index in [1.165, 1.54) is 0 Å². The first kappa shape index (κ1) is 12.3. The van der Waals surface area contributed by atoms with Crippen LogP contribution in [-0.2, 0) is 0 Å². The number of hydrogen-bond donors (Lipinski definition) is 1. The molecule has 0 fully saturated rings. The number of benzene rings is 2. The van der Waals surface area contributed by atoms with E-state index in [-0.39, 0.29) is 11.2 Å². The highest BCUT2D eigenvalue weighted by Crippen LogP contribution is 2.25. The van der Waals surface area contributed by atoms with Gasteiger partial charge in [0.2, 0.25) is 11.2 Å². The van der Waals surface area contributed by atoms with Gasteiger partial charge in [0, 0.05) is 10.0 Å². The number of nitrogens with zero attached hydrogens (tertiary/aromatic N) is 3. The number of hydrogen-bond acceptors (Lipinski definition) is 4. The van der Waals surface area contributed by atoms with Crippen molar-refractivity contribution in [3.63, 3.8) is 0 Å². The highest BCUT2D eigenvalue weighted by atomic mass is 79.9. The van der Waals surface area contributed by atoms with Crippen LogP contribution in [-0.4, -0.2) is 15.0 Å². The first-order valence-electron chi connectivity index (χ1n) is 5.48. The van der Waals surface area contributed by atoms with Crippen molar-refractivity contribution in [1.82, 2.24) is 15.0 Å². The van der Waals surface area contributed by atoms with E-state index in [1.54, 1.807) is 0 Å². The van der Waals surface area contributed by atoms with Gasteiger partial charge in [0.15, 0.2) is 5.82 Å². The van der Waals surface area contributed by atoms with Gasteiger partial charge >= 0.3 is 0 Å². The number of anilines is 1. The van der Waals surface area contributed by atoms with E-state index in [0.29, 0.717) is 5.82 Å². The van der Waals surface area contributed by atoms with Crippen LogP contribution in [0.5, 0.6) is 0 Å². The molecule has 19 heavy (non-hydrogen) atoms. The third-order valence-electron chi connectivity index (χ3n) is 2.69. The molecule has 2 aromatic carbocycles. The number of rotatable bonds is 1. The lowest BCUT2D eigenvalue weighted by Crippen LogP contribution is -1.99. The number of nitrogen functional groups attached to an aromatic ring is 1. The zero-order valence-electron chi connectivity index (χ0n) is 9.64. The predicted octanol–water partition coefficient (Wildman–Crippen LogP) is 3.69. The summed E-state index contributed by atoms with van der Waals surface area (Å²) >= 11 is 9.24. The molecular formula is C13H8BrClN4. The van der Waals surface area contributed by atoms with Gasteiger partial charge in [0.05, 0.1) is 0 Å². The summed E-state index contributed by atoms with van der Waals surface area (Å²) < 4.78 is 1.04. The lowest BCUT2D eigenvalue weighted by molar-refractivity contribution is 1.07. The Morgan fingerprint density at radius 2 is 1.68 bits per heavy atom. The molecule has 0 atom stereocenters. The molecule has 0 spiro atoms. The molecule has 0 radical (unpaired) electrons. The smallest absolute Gasteiger partial charge is 0.227 e. The van der Waals surface area contributed by atoms with Crippen molar-refractivity contribution in [2.75, 3.05) is 5.73 Å². The zero-order valence-corrected chi connectivity index (χ0v) is 12.0. The van der Waals surface area contributed by atoms with E-state index >= 15 is 0 Å². The van der Waals surface area contributed by atoms with Gasteiger partial charge in [-0.3, -0.25) is 0 Å². The van der Waals surface area contributed by atoms with E-state index in [4.69, 9.17) is 17.3 Å². The second-order valence-electron chi connectivity index (χ2n) is 3.99. The maximum absolute atomic E-state index is 5.79. The SMILES string of the molecule is Nc1nc(Cl)nc(-c2ccc3cc(Br)ccc3c2)n1. The molecule has 1 aromatic heterocycles. The van der Waals surface area contributed by atoms with Crippen molar-refractivity contribution in [2.24, 2.45) is 0 Å². The Bertz CT molecular complexity index is 755. The second kappa shape index (κ2) is 4.75. The minimum atomic E-state index is 0.0957. The van der Waals surface area contributed by atoms with E-state index in [9.17, 15) is 0 Å². The number of nitrogens with two attached hydrogens (primary N) is 1. The average Bonchev–Trinajstić information content (AvgIpc) is 2.37. The third-order valence-corrected chi connectivity index (χ3v) is 3.35. The highest BCUT2D eigenvalue weighted by molar-refractivity contribution is 9.10. The van der Waals surface area contributed by atoms with Crippen LogP contribution in [0.1, 0.15) is 0 Å². The van der Waals surface area contributed by atoms with Crippen LogP contribution in [0, 0.1) is 0 Å². The highest BCUT2D eigenvalue weighted by Gasteiger charge is 2.06. The first-order chi connectivity index (χ1) is 9.11. The molecule has 6 heteroatoms. The lowest BCUT2D eigenvalue weighted by atomic mass is 10.1. The Labute approximate surface area is 122 Å². The first-order valence-corrected chi connectivity index (χ1v) is 6.66. The normalized spacial score (nSPS) is 10.8. The fourth-order valence-corrected chi connectivity index (χ4v) is 2.40. The molecule has 0 bridgehead atoms. The summed E-state index contributed by atoms with van der Waals surface area (Å²) in [6.45, 7) is 0. The van der Waals surface area contributed by atoms with Crippen LogP contribution >= 0.6 is 27.5 Å². The molecule has 0 unspecified atom stereocenters. The quantitative estimate of drug-likeness (QED) is 0.736. The summed E-state index contributed by atoms with van der Waals surface area (Å²) in [7, 11) is 0. The summed E-state index contributed by atoms with van der Waals surface area (Å²) in [6, 6.07) is 12.0. The van der Waals surface area contributed by atoms with E-state index in [2.05, 4.69) is 30.9 Å². The zero-order chi connectivity index (χ0) is 13.4. The Morgan fingerprint density at radius 1 is 0.947 bits per heavy atom. The molecule has 3 rings (SSSR count). The Morgan fingerprint density at radius 3 is 2.47 bits per heavy atom. The molecule has 0 aliphatic rings. The molecule has 3 aromatic rings. The molecular weight excluding hydrogens is 328 g/mol. The Balaban J connectivity index is 2.17. The van der Waals surface area contributed by atoms with Crippen LogP contribution in [0.15, 0.2) is 40.9 Å². The van der Waals surface area contributed by atoms with Crippen molar-refractivity contribution >= 4 is 44.3 Å². The van der Waals surface area contributed by atoms with Gasteiger partial charge in [-0.1, -0.05) is 34.1 Å². The third kappa shape index (κ3) is 2.52.